The van der Waals surface area contributed by atoms with E-state index in [9.17, 15) is 9.59 Å². The summed E-state index contributed by atoms with van der Waals surface area (Å²) in [6, 6.07) is 4.10. The van der Waals surface area contributed by atoms with Crippen LogP contribution in [-0.4, -0.2) is 41.3 Å². The first-order chi connectivity index (χ1) is 10.7. The van der Waals surface area contributed by atoms with E-state index < -0.39 is 0 Å². The highest BCUT2D eigenvalue weighted by molar-refractivity contribution is 5.83. The zero-order valence-corrected chi connectivity index (χ0v) is 12.8. The lowest BCUT2D eigenvalue weighted by Gasteiger charge is -2.35. The summed E-state index contributed by atoms with van der Waals surface area (Å²) in [6.45, 7) is 2.19. The Bertz CT molecular complexity index is 514. The first-order valence-electron chi connectivity index (χ1n) is 8.17. The van der Waals surface area contributed by atoms with E-state index in [0.717, 1.165) is 32.4 Å². The maximum atomic E-state index is 12.5. The molecule has 2 aliphatic rings. The fourth-order valence-electron chi connectivity index (χ4n) is 3.41. The Hall–Kier alpha value is -1.91. The number of pyridine rings is 1. The van der Waals surface area contributed by atoms with Gasteiger partial charge in [-0.25, -0.2) is 0 Å². The van der Waals surface area contributed by atoms with E-state index in [1.165, 1.54) is 5.56 Å². The normalized spacial score (nSPS) is 23.2. The molecule has 0 unspecified atom stereocenters. The van der Waals surface area contributed by atoms with E-state index in [0.29, 0.717) is 25.3 Å². The van der Waals surface area contributed by atoms with Crippen molar-refractivity contribution in [3.05, 3.63) is 30.1 Å². The van der Waals surface area contributed by atoms with E-state index in [1.807, 2.05) is 17.2 Å². The molecule has 1 aromatic rings. The molecule has 1 aromatic heterocycles. The molecule has 0 aliphatic carbocycles. The number of aromatic nitrogens is 1. The molecule has 5 heteroatoms. The van der Waals surface area contributed by atoms with Crippen LogP contribution in [0.1, 0.15) is 31.2 Å². The number of nitrogens with one attached hydrogen (secondary N) is 1. The van der Waals surface area contributed by atoms with Crippen LogP contribution in [0.25, 0.3) is 0 Å². The molecule has 22 heavy (non-hydrogen) atoms. The Morgan fingerprint density at radius 3 is 2.77 bits per heavy atom. The van der Waals surface area contributed by atoms with Gasteiger partial charge in [-0.3, -0.25) is 14.6 Å². The van der Waals surface area contributed by atoms with Crippen LogP contribution in [0, 0.1) is 11.8 Å². The number of nitrogens with zero attached hydrogens (tertiary/aromatic N) is 2. The Labute approximate surface area is 131 Å². The van der Waals surface area contributed by atoms with Crippen molar-refractivity contribution in [2.75, 3.05) is 19.6 Å². The number of carbonyl (C=O) groups is 2. The lowest BCUT2D eigenvalue weighted by Crippen LogP contribution is -2.47. The highest BCUT2D eigenvalue weighted by Crippen LogP contribution is 2.23. The summed E-state index contributed by atoms with van der Waals surface area (Å²) in [5.74, 6) is 0.908. The van der Waals surface area contributed by atoms with Gasteiger partial charge in [-0.2, -0.15) is 0 Å². The minimum atomic E-state index is -0.0208. The Balaban J connectivity index is 1.47. The van der Waals surface area contributed by atoms with Crippen molar-refractivity contribution in [2.45, 2.75) is 32.1 Å². The van der Waals surface area contributed by atoms with Gasteiger partial charge in [0.05, 0.1) is 5.92 Å². The van der Waals surface area contributed by atoms with E-state index in [2.05, 4.69) is 16.4 Å². The average molecular weight is 301 g/mol. The van der Waals surface area contributed by atoms with E-state index >= 15 is 0 Å². The first-order valence-corrected chi connectivity index (χ1v) is 8.17. The second kappa shape index (κ2) is 6.90. The molecule has 3 rings (SSSR count). The summed E-state index contributed by atoms with van der Waals surface area (Å²) < 4.78 is 0. The number of hydrogen-bond donors (Lipinski definition) is 1. The summed E-state index contributed by atoms with van der Waals surface area (Å²) in [4.78, 5) is 29.8. The Kier molecular flexibility index (Phi) is 4.71. The molecule has 5 nitrogen and oxygen atoms in total. The zero-order valence-electron chi connectivity index (χ0n) is 12.8. The molecule has 0 spiro atoms. The topological polar surface area (TPSA) is 62.3 Å². The van der Waals surface area contributed by atoms with Crippen LogP contribution in [-0.2, 0) is 16.0 Å². The predicted octanol–water partition coefficient (Wildman–Crippen LogP) is 1.39. The van der Waals surface area contributed by atoms with E-state index in [-0.39, 0.29) is 17.7 Å². The second-order valence-corrected chi connectivity index (χ2v) is 6.37. The molecule has 0 radical (unpaired) electrons. The number of piperidine rings is 2. The maximum absolute atomic E-state index is 12.5. The lowest BCUT2D eigenvalue weighted by molar-refractivity contribution is -0.138. The van der Waals surface area contributed by atoms with E-state index in [1.54, 1.807) is 6.20 Å². The summed E-state index contributed by atoms with van der Waals surface area (Å²) in [5.41, 5.74) is 1.28. The molecule has 118 valence electrons. The van der Waals surface area contributed by atoms with Crippen LogP contribution in [0.15, 0.2) is 24.5 Å². The average Bonchev–Trinajstić information content (AvgIpc) is 2.57. The van der Waals surface area contributed by atoms with Crippen molar-refractivity contribution < 1.29 is 9.59 Å². The second-order valence-electron chi connectivity index (χ2n) is 6.37. The van der Waals surface area contributed by atoms with Crippen LogP contribution >= 0.6 is 0 Å². The largest absolute Gasteiger partial charge is 0.355 e. The van der Waals surface area contributed by atoms with Crippen molar-refractivity contribution in [3.8, 4) is 0 Å². The van der Waals surface area contributed by atoms with Gasteiger partial charge in [-0.15, -0.1) is 0 Å². The van der Waals surface area contributed by atoms with Gasteiger partial charge in [-0.05, 0) is 43.2 Å². The molecule has 2 aliphatic heterocycles. The minimum Gasteiger partial charge on any atom is -0.355 e. The molecule has 2 fully saturated rings. The molecule has 0 aromatic carbocycles. The van der Waals surface area contributed by atoms with Crippen LogP contribution in [0.4, 0.5) is 0 Å². The van der Waals surface area contributed by atoms with Crippen LogP contribution in [0.3, 0.4) is 0 Å². The maximum Gasteiger partial charge on any atom is 0.227 e. The van der Waals surface area contributed by atoms with Crippen molar-refractivity contribution >= 4 is 11.8 Å². The third-order valence-electron chi connectivity index (χ3n) is 4.79. The summed E-state index contributed by atoms with van der Waals surface area (Å²) in [7, 11) is 0. The fourth-order valence-corrected chi connectivity index (χ4v) is 3.41. The quantitative estimate of drug-likeness (QED) is 0.917. The third kappa shape index (κ3) is 3.64. The first kappa shape index (κ1) is 15.0. The van der Waals surface area contributed by atoms with Crippen molar-refractivity contribution in [2.24, 2.45) is 11.8 Å². The Morgan fingerprint density at radius 2 is 2.14 bits per heavy atom. The summed E-state index contributed by atoms with van der Waals surface area (Å²) >= 11 is 0. The van der Waals surface area contributed by atoms with Crippen molar-refractivity contribution in [1.29, 1.82) is 0 Å². The molecular weight excluding hydrogens is 278 g/mol. The smallest absolute Gasteiger partial charge is 0.227 e. The number of likely N-dealkylation sites (tertiary alicyclic amines) is 1. The molecule has 2 saturated heterocycles. The monoisotopic (exact) mass is 301 g/mol. The zero-order chi connectivity index (χ0) is 15.4. The highest BCUT2D eigenvalue weighted by atomic mass is 16.2. The van der Waals surface area contributed by atoms with Gasteiger partial charge in [0, 0.05) is 38.4 Å². The number of rotatable bonds is 3. The summed E-state index contributed by atoms with van der Waals surface area (Å²) in [5, 5.41) is 2.80. The van der Waals surface area contributed by atoms with Crippen LogP contribution in [0.2, 0.25) is 0 Å². The number of carbonyl (C=O) groups excluding carboxylic acids is 2. The molecular formula is C17H23N3O2. The van der Waals surface area contributed by atoms with Gasteiger partial charge in [0.25, 0.3) is 0 Å². The van der Waals surface area contributed by atoms with Gasteiger partial charge in [-0.1, -0.05) is 6.07 Å². The highest BCUT2D eigenvalue weighted by Gasteiger charge is 2.30. The standard InChI is InChI=1S/C17H23N3O2/c21-16-4-3-15(12-19-16)17(22)20-8-5-13(6-9-20)10-14-2-1-7-18-11-14/h1-2,7,11,13,15H,3-6,8-10,12H2,(H,19,21)/t15-/m0/s1. The van der Waals surface area contributed by atoms with Gasteiger partial charge in [0.2, 0.25) is 11.8 Å². The van der Waals surface area contributed by atoms with Crippen LogP contribution < -0.4 is 5.32 Å². The molecule has 2 amide bonds. The molecule has 1 N–H and O–H groups in total. The number of hydrogen-bond acceptors (Lipinski definition) is 3. The predicted molar refractivity (Wildman–Crippen MR) is 83.0 cm³/mol. The van der Waals surface area contributed by atoms with Crippen molar-refractivity contribution in [3.63, 3.8) is 0 Å². The van der Waals surface area contributed by atoms with Gasteiger partial charge in [0.1, 0.15) is 0 Å². The van der Waals surface area contributed by atoms with E-state index in [4.69, 9.17) is 0 Å². The lowest BCUT2D eigenvalue weighted by atomic mass is 9.89. The fraction of sp³-hybridized carbons (Fsp3) is 0.588. The third-order valence-corrected chi connectivity index (χ3v) is 4.79. The van der Waals surface area contributed by atoms with Gasteiger partial charge in [0.15, 0.2) is 0 Å². The minimum absolute atomic E-state index is 0.0208. The number of amides is 2. The van der Waals surface area contributed by atoms with Gasteiger partial charge >= 0.3 is 0 Å². The summed E-state index contributed by atoms with van der Waals surface area (Å²) in [6.07, 6.45) is 8.07. The molecule has 0 bridgehead atoms. The van der Waals surface area contributed by atoms with Gasteiger partial charge < -0.3 is 10.2 Å². The SMILES string of the molecule is O=C1CC[C@H](C(=O)N2CCC(Cc3cccnc3)CC2)CN1. The molecule has 0 saturated carbocycles. The molecule has 3 heterocycles. The van der Waals surface area contributed by atoms with Crippen LogP contribution in [0.5, 0.6) is 0 Å². The Morgan fingerprint density at radius 1 is 1.32 bits per heavy atom. The molecule has 1 atom stereocenters. The van der Waals surface area contributed by atoms with Crippen molar-refractivity contribution in [1.82, 2.24) is 15.2 Å².